The standard InChI is InChI=1S/C17H17F3N4O2/c1-11-10-23(7-5-14(11)25)16(26)21-15-6-8-24(22-15)13-4-2-3-12(9-13)17(18,19)20/h2-4,6,8-9,11H,5,7,10H2,1H3,(H,21,22,26). The second kappa shape index (κ2) is 6.81. The number of carbonyl (C=O) groups excluding carboxylic acids is 2. The molecule has 138 valence electrons. The number of nitrogens with one attached hydrogen (secondary N) is 1. The van der Waals surface area contributed by atoms with Gasteiger partial charge in [0.2, 0.25) is 0 Å². The van der Waals surface area contributed by atoms with E-state index >= 15 is 0 Å². The fourth-order valence-corrected chi connectivity index (χ4v) is 2.75. The molecule has 1 unspecified atom stereocenters. The molecule has 1 aliphatic rings. The summed E-state index contributed by atoms with van der Waals surface area (Å²) in [6, 6.07) is 5.86. The van der Waals surface area contributed by atoms with Gasteiger partial charge in [-0.05, 0) is 18.2 Å². The van der Waals surface area contributed by atoms with Gasteiger partial charge < -0.3 is 4.90 Å². The summed E-state index contributed by atoms with van der Waals surface area (Å²) in [5.41, 5.74) is -0.541. The number of rotatable bonds is 2. The number of urea groups is 1. The van der Waals surface area contributed by atoms with Gasteiger partial charge in [0.1, 0.15) is 5.78 Å². The van der Waals surface area contributed by atoms with Gasteiger partial charge in [-0.3, -0.25) is 10.1 Å². The summed E-state index contributed by atoms with van der Waals surface area (Å²) in [4.78, 5) is 25.3. The highest BCUT2D eigenvalue weighted by atomic mass is 19.4. The second-order valence-electron chi connectivity index (χ2n) is 6.19. The van der Waals surface area contributed by atoms with Crippen LogP contribution in [0.25, 0.3) is 5.69 Å². The molecule has 1 aromatic carbocycles. The van der Waals surface area contributed by atoms with Gasteiger partial charge >= 0.3 is 12.2 Å². The number of Topliss-reactive ketones (excluding diaryl/α,β-unsaturated/α-hetero) is 1. The molecular weight excluding hydrogens is 349 g/mol. The molecule has 1 aliphatic heterocycles. The smallest absolute Gasteiger partial charge is 0.323 e. The molecule has 1 N–H and O–H groups in total. The Labute approximate surface area is 147 Å². The first kappa shape index (κ1) is 18.0. The van der Waals surface area contributed by atoms with Crippen LogP contribution in [0.15, 0.2) is 36.5 Å². The Bertz CT molecular complexity index is 831. The van der Waals surface area contributed by atoms with Crippen LogP contribution >= 0.6 is 0 Å². The van der Waals surface area contributed by atoms with E-state index in [0.29, 0.717) is 19.5 Å². The number of nitrogens with zero attached hydrogens (tertiary/aromatic N) is 3. The predicted molar refractivity (Wildman–Crippen MR) is 87.9 cm³/mol. The van der Waals surface area contributed by atoms with Crippen molar-refractivity contribution in [1.82, 2.24) is 14.7 Å². The molecule has 0 aliphatic carbocycles. The third-order valence-electron chi connectivity index (χ3n) is 4.22. The number of alkyl halides is 3. The van der Waals surface area contributed by atoms with Crippen LogP contribution < -0.4 is 5.32 Å². The summed E-state index contributed by atoms with van der Waals surface area (Å²) >= 11 is 0. The number of halogens is 3. The summed E-state index contributed by atoms with van der Waals surface area (Å²) in [7, 11) is 0. The van der Waals surface area contributed by atoms with Crippen LogP contribution in [-0.2, 0) is 11.0 Å². The summed E-state index contributed by atoms with van der Waals surface area (Å²) in [6.07, 6.45) is -2.66. The van der Waals surface area contributed by atoms with Gasteiger partial charge in [-0.15, -0.1) is 5.10 Å². The molecule has 2 heterocycles. The number of ketones is 1. The molecule has 9 heteroatoms. The van der Waals surface area contributed by atoms with E-state index in [1.165, 1.54) is 34.0 Å². The lowest BCUT2D eigenvalue weighted by molar-refractivity contribution is -0.137. The van der Waals surface area contributed by atoms with Crippen molar-refractivity contribution in [2.75, 3.05) is 18.4 Å². The maximum absolute atomic E-state index is 12.8. The highest BCUT2D eigenvalue weighted by Crippen LogP contribution is 2.30. The number of benzene rings is 1. The van der Waals surface area contributed by atoms with E-state index in [2.05, 4.69) is 10.4 Å². The Balaban J connectivity index is 1.70. The van der Waals surface area contributed by atoms with Crippen LogP contribution in [0.3, 0.4) is 0 Å². The molecule has 0 radical (unpaired) electrons. The number of amides is 2. The molecule has 26 heavy (non-hydrogen) atoms. The van der Waals surface area contributed by atoms with Crippen LogP contribution in [0.1, 0.15) is 18.9 Å². The van der Waals surface area contributed by atoms with Gasteiger partial charge in [0.25, 0.3) is 0 Å². The first-order valence-corrected chi connectivity index (χ1v) is 8.06. The zero-order chi connectivity index (χ0) is 18.9. The zero-order valence-corrected chi connectivity index (χ0v) is 14.0. The average Bonchev–Trinajstić information content (AvgIpc) is 3.05. The van der Waals surface area contributed by atoms with Gasteiger partial charge in [0.15, 0.2) is 5.82 Å². The van der Waals surface area contributed by atoms with Gasteiger partial charge in [-0.1, -0.05) is 13.0 Å². The molecule has 0 spiro atoms. The molecule has 3 rings (SSSR count). The maximum atomic E-state index is 12.8. The Morgan fingerprint density at radius 2 is 2.08 bits per heavy atom. The predicted octanol–water partition coefficient (Wildman–Crippen LogP) is 3.33. The van der Waals surface area contributed by atoms with Crippen molar-refractivity contribution in [2.45, 2.75) is 19.5 Å². The second-order valence-corrected chi connectivity index (χ2v) is 6.19. The first-order valence-electron chi connectivity index (χ1n) is 8.06. The number of carbonyl (C=O) groups is 2. The van der Waals surface area contributed by atoms with Crippen LogP contribution in [0.5, 0.6) is 0 Å². The van der Waals surface area contributed by atoms with E-state index in [-0.39, 0.29) is 23.2 Å². The number of piperidine rings is 1. The Kier molecular flexibility index (Phi) is 4.71. The largest absolute Gasteiger partial charge is 0.416 e. The van der Waals surface area contributed by atoms with Crippen molar-refractivity contribution in [2.24, 2.45) is 5.92 Å². The molecule has 0 saturated carbocycles. The van der Waals surface area contributed by atoms with Gasteiger partial charge in [-0.25, -0.2) is 9.48 Å². The van der Waals surface area contributed by atoms with E-state index < -0.39 is 17.8 Å². The Morgan fingerprint density at radius 3 is 2.77 bits per heavy atom. The van der Waals surface area contributed by atoms with Gasteiger partial charge in [0.05, 0.1) is 11.3 Å². The third-order valence-corrected chi connectivity index (χ3v) is 4.22. The number of aromatic nitrogens is 2. The molecule has 1 fully saturated rings. The first-order chi connectivity index (χ1) is 12.2. The SMILES string of the molecule is CC1CN(C(=O)Nc2ccn(-c3cccc(C(F)(F)F)c3)n2)CCC1=O. The minimum absolute atomic E-state index is 0.128. The quantitative estimate of drug-likeness (QED) is 0.887. The Hall–Kier alpha value is -2.84. The maximum Gasteiger partial charge on any atom is 0.416 e. The van der Waals surface area contributed by atoms with Crippen LogP contribution in [0.2, 0.25) is 0 Å². The minimum Gasteiger partial charge on any atom is -0.323 e. The average molecular weight is 366 g/mol. The van der Waals surface area contributed by atoms with Crippen molar-refractivity contribution in [3.05, 3.63) is 42.1 Å². The van der Waals surface area contributed by atoms with Crippen LogP contribution in [-0.4, -0.2) is 39.6 Å². The summed E-state index contributed by atoms with van der Waals surface area (Å²) in [5.74, 6) is 0.136. The normalized spacial score (nSPS) is 18.1. The van der Waals surface area contributed by atoms with Crippen molar-refractivity contribution in [3.8, 4) is 5.69 Å². The summed E-state index contributed by atoms with van der Waals surface area (Å²) in [5, 5.41) is 6.70. The summed E-state index contributed by atoms with van der Waals surface area (Å²) in [6.45, 7) is 2.44. The molecule has 0 bridgehead atoms. The fourth-order valence-electron chi connectivity index (χ4n) is 2.75. The molecular formula is C17H17F3N4O2. The highest BCUT2D eigenvalue weighted by Gasteiger charge is 2.30. The third kappa shape index (κ3) is 3.87. The molecule has 1 aromatic heterocycles. The summed E-state index contributed by atoms with van der Waals surface area (Å²) < 4.78 is 39.7. The molecule has 6 nitrogen and oxygen atoms in total. The van der Waals surface area contributed by atoms with E-state index in [1.54, 1.807) is 6.92 Å². The number of hydrogen-bond acceptors (Lipinski definition) is 3. The number of anilines is 1. The lowest BCUT2D eigenvalue weighted by Crippen LogP contribution is -2.45. The molecule has 2 amide bonds. The van der Waals surface area contributed by atoms with Gasteiger partial charge in [-0.2, -0.15) is 13.2 Å². The minimum atomic E-state index is -4.44. The number of hydrogen-bond donors (Lipinski definition) is 1. The number of likely N-dealkylation sites (tertiary alicyclic amines) is 1. The molecule has 1 saturated heterocycles. The van der Waals surface area contributed by atoms with Crippen LogP contribution in [0.4, 0.5) is 23.8 Å². The van der Waals surface area contributed by atoms with E-state index in [0.717, 1.165) is 12.1 Å². The highest BCUT2D eigenvalue weighted by molar-refractivity contribution is 5.90. The van der Waals surface area contributed by atoms with Crippen molar-refractivity contribution >= 4 is 17.6 Å². The van der Waals surface area contributed by atoms with Gasteiger partial charge in [0, 0.05) is 37.7 Å². The van der Waals surface area contributed by atoms with E-state index in [4.69, 9.17) is 0 Å². The Morgan fingerprint density at radius 1 is 1.31 bits per heavy atom. The van der Waals surface area contributed by atoms with Crippen molar-refractivity contribution in [1.29, 1.82) is 0 Å². The molecule has 2 aromatic rings. The van der Waals surface area contributed by atoms with Crippen molar-refractivity contribution in [3.63, 3.8) is 0 Å². The molecule has 1 atom stereocenters. The van der Waals surface area contributed by atoms with E-state index in [1.807, 2.05) is 0 Å². The van der Waals surface area contributed by atoms with Crippen LogP contribution in [0, 0.1) is 5.92 Å². The topological polar surface area (TPSA) is 67.2 Å². The van der Waals surface area contributed by atoms with E-state index in [9.17, 15) is 22.8 Å². The van der Waals surface area contributed by atoms with Crippen molar-refractivity contribution < 1.29 is 22.8 Å². The lowest BCUT2D eigenvalue weighted by atomic mass is 9.99. The monoisotopic (exact) mass is 366 g/mol. The lowest BCUT2D eigenvalue weighted by Gasteiger charge is -2.29. The zero-order valence-electron chi connectivity index (χ0n) is 14.0. The fraction of sp³-hybridized carbons (Fsp3) is 0.353.